The molecule has 0 bridgehead atoms. The number of aryl methyl sites for hydroxylation is 1. The van der Waals surface area contributed by atoms with Crippen molar-refractivity contribution in [1.29, 1.82) is 0 Å². The maximum Gasteiger partial charge on any atom is 0.246 e. The van der Waals surface area contributed by atoms with Gasteiger partial charge in [-0.05, 0) is 49.7 Å². The smallest absolute Gasteiger partial charge is 0.246 e. The number of hydrogen-bond donors (Lipinski definition) is 3. The highest BCUT2D eigenvalue weighted by atomic mass is 32.2. The fraction of sp³-hybridized carbons (Fsp3) is 0.235. The lowest BCUT2D eigenvalue weighted by molar-refractivity contribution is -0.116. The highest BCUT2D eigenvalue weighted by Crippen LogP contribution is 2.22. The summed E-state index contributed by atoms with van der Waals surface area (Å²) in [6, 6.07) is 10.1. The van der Waals surface area contributed by atoms with Gasteiger partial charge < -0.3 is 10.6 Å². The average molecular weight is 365 g/mol. The predicted molar refractivity (Wildman–Crippen MR) is 97.8 cm³/mol. The zero-order valence-corrected chi connectivity index (χ0v) is 14.9. The van der Waals surface area contributed by atoms with Crippen molar-refractivity contribution in [3.63, 3.8) is 0 Å². The summed E-state index contributed by atoms with van der Waals surface area (Å²) in [4.78, 5) is 12.2. The van der Waals surface area contributed by atoms with Crippen molar-refractivity contribution in [1.82, 2.24) is 0 Å². The molecular formula is C17H20FN3O3S. The fourth-order valence-electron chi connectivity index (χ4n) is 2.15. The van der Waals surface area contributed by atoms with Crippen LogP contribution in [0.2, 0.25) is 0 Å². The standard InChI is InChI=1S/C17H20FN3O3S/c1-11-7-8-15(10-16(11)21-25(3,23)24)19-12(2)17(22)20-14-6-4-5-13(18)9-14/h4-10,12,19,21H,1-3H3,(H,20,22). The minimum atomic E-state index is -3.40. The van der Waals surface area contributed by atoms with Gasteiger partial charge in [-0.15, -0.1) is 0 Å². The molecule has 2 rings (SSSR count). The van der Waals surface area contributed by atoms with E-state index in [0.29, 0.717) is 17.1 Å². The predicted octanol–water partition coefficient (Wildman–Crippen LogP) is 2.94. The number of nitrogens with one attached hydrogen (secondary N) is 3. The molecule has 0 saturated heterocycles. The Balaban J connectivity index is 2.08. The number of amides is 1. The Morgan fingerprint density at radius 2 is 1.84 bits per heavy atom. The second-order valence-electron chi connectivity index (χ2n) is 5.77. The molecule has 0 saturated carbocycles. The Kier molecular flexibility index (Phi) is 5.63. The topological polar surface area (TPSA) is 87.3 Å². The number of sulfonamides is 1. The molecule has 1 amide bonds. The fourth-order valence-corrected chi connectivity index (χ4v) is 2.77. The molecule has 6 nitrogen and oxygen atoms in total. The lowest BCUT2D eigenvalue weighted by Crippen LogP contribution is -2.31. The van der Waals surface area contributed by atoms with Crippen molar-refractivity contribution in [3.8, 4) is 0 Å². The van der Waals surface area contributed by atoms with Crippen molar-refractivity contribution in [2.24, 2.45) is 0 Å². The van der Waals surface area contributed by atoms with Crippen LogP contribution in [-0.4, -0.2) is 26.6 Å². The molecule has 0 aliphatic rings. The third kappa shape index (κ3) is 5.75. The molecule has 25 heavy (non-hydrogen) atoms. The summed E-state index contributed by atoms with van der Waals surface area (Å²) < 4.78 is 38.4. The van der Waals surface area contributed by atoms with E-state index in [2.05, 4.69) is 15.4 Å². The van der Waals surface area contributed by atoms with Crippen LogP contribution in [0.15, 0.2) is 42.5 Å². The molecule has 8 heteroatoms. The Bertz CT molecular complexity index is 884. The van der Waals surface area contributed by atoms with Gasteiger partial charge in [-0.3, -0.25) is 9.52 Å². The lowest BCUT2D eigenvalue weighted by atomic mass is 10.1. The molecule has 0 fully saturated rings. The molecule has 2 aromatic carbocycles. The van der Waals surface area contributed by atoms with Crippen LogP contribution in [0.5, 0.6) is 0 Å². The second-order valence-corrected chi connectivity index (χ2v) is 7.52. The Labute approximate surface area is 146 Å². The van der Waals surface area contributed by atoms with Crippen LogP contribution in [0.25, 0.3) is 0 Å². The number of rotatable bonds is 6. The molecule has 0 aromatic heterocycles. The van der Waals surface area contributed by atoms with Crippen LogP contribution >= 0.6 is 0 Å². The number of hydrogen-bond acceptors (Lipinski definition) is 4. The van der Waals surface area contributed by atoms with E-state index in [1.165, 1.54) is 18.2 Å². The van der Waals surface area contributed by atoms with Crippen LogP contribution in [0.3, 0.4) is 0 Å². The summed E-state index contributed by atoms with van der Waals surface area (Å²) in [5.41, 5.74) is 2.14. The molecule has 0 spiro atoms. The van der Waals surface area contributed by atoms with Gasteiger partial charge in [-0.2, -0.15) is 0 Å². The molecule has 2 aromatic rings. The van der Waals surface area contributed by atoms with Crippen molar-refractivity contribution >= 4 is 33.0 Å². The van der Waals surface area contributed by atoms with E-state index in [-0.39, 0.29) is 5.91 Å². The van der Waals surface area contributed by atoms with E-state index in [9.17, 15) is 17.6 Å². The average Bonchev–Trinajstić information content (AvgIpc) is 2.49. The first-order valence-corrected chi connectivity index (χ1v) is 9.44. The number of halogens is 1. The van der Waals surface area contributed by atoms with Crippen LogP contribution in [0, 0.1) is 12.7 Å². The van der Waals surface area contributed by atoms with Crippen molar-refractivity contribution in [2.45, 2.75) is 19.9 Å². The summed E-state index contributed by atoms with van der Waals surface area (Å²) in [5.74, 6) is -0.780. The summed E-state index contributed by atoms with van der Waals surface area (Å²) in [6.45, 7) is 3.43. The molecule has 0 radical (unpaired) electrons. The summed E-state index contributed by atoms with van der Waals surface area (Å²) in [5, 5.41) is 5.60. The van der Waals surface area contributed by atoms with Gasteiger partial charge in [0.05, 0.1) is 11.9 Å². The lowest BCUT2D eigenvalue weighted by Gasteiger charge is -2.17. The monoisotopic (exact) mass is 365 g/mol. The van der Waals surface area contributed by atoms with Crippen molar-refractivity contribution < 1.29 is 17.6 Å². The largest absolute Gasteiger partial charge is 0.374 e. The van der Waals surface area contributed by atoms with Gasteiger partial charge in [-0.1, -0.05) is 12.1 Å². The van der Waals surface area contributed by atoms with Crippen LogP contribution in [-0.2, 0) is 14.8 Å². The summed E-state index contributed by atoms with van der Waals surface area (Å²) in [7, 11) is -3.40. The van der Waals surface area contributed by atoms with E-state index in [1.54, 1.807) is 38.1 Å². The van der Waals surface area contributed by atoms with E-state index in [4.69, 9.17) is 0 Å². The first kappa shape index (κ1) is 18.7. The van der Waals surface area contributed by atoms with E-state index < -0.39 is 21.9 Å². The minimum Gasteiger partial charge on any atom is -0.374 e. The van der Waals surface area contributed by atoms with Gasteiger partial charge in [0.1, 0.15) is 11.9 Å². The number of carbonyl (C=O) groups is 1. The molecule has 3 N–H and O–H groups in total. The van der Waals surface area contributed by atoms with E-state index in [1.807, 2.05) is 0 Å². The minimum absolute atomic E-state index is 0.344. The maximum atomic E-state index is 13.2. The van der Waals surface area contributed by atoms with Gasteiger partial charge in [0.25, 0.3) is 0 Å². The molecule has 0 aliphatic heterocycles. The van der Waals surface area contributed by atoms with Crippen LogP contribution < -0.4 is 15.4 Å². The van der Waals surface area contributed by atoms with Gasteiger partial charge in [0.15, 0.2) is 0 Å². The van der Waals surface area contributed by atoms with Gasteiger partial charge in [-0.25, -0.2) is 12.8 Å². The molecule has 1 atom stereocenters. The highest BCUT2D eigenvalue weighted by Gasteiger charge is 2.14. The Hall–Kier alpha value is -2.61. The number of anilines is 3. The first-order chi connectivity index (χ1) is 11.6. The molecule has 134 valence electrons. The van der Waals surface area contributed by atoms with Gasteiger partial charge in [0, 0.05) is 11.4 Å². The maximum absolute atomic E-state index is 13.2. The Morgan fingerprint density at radius 3 is 2.48 bits per heavy atom. The second kappa shape index (κ2) is 7.52. The molecule has 1 unspecified atom stereocenters. The summed E-state index contributed by atoms with van der Waals surface area (Å²) in [6.07, 6.45) is 1.07. The SMILES string of the molecule is Cc1ccc(NC(C)C(=O)Nc2cccc(F)c2)cc1NS(C)(=O)=O. The van der Waals surface area contributed by atoms with E-state index >= 15 is 0 Å². The number of carbonyl (C=O) groups excluding carboxylic acids is 1. The summed E-state index contributed by atoms with van der Waals surface area (Å²) >= 11 is 0. The van der Waals surface area contributed by atoms with Crippen LogP contribution in [0.1, 0.15) is 12.5 Å². The first-order valence-electron chi connectivity index (χ1n) is 7.55. The normalized spacial score (nSPS) is 12.3. The van der Waals surface area contributed by atoms with Crippen LogP contribution in [0.4, 0.5) is 21.5 Å². The quantitative estimate of drug-likeness (QED) is 0.734. The highest BCUT2D eigenvalue weighted by molar-refractivity contribution is 7.92. The molecular weight excluding hydrogens is 345 g/mol. The third-order valence-corrected chi connectivity index (χ3v) is 3.99. The van der Waals surface area contributed by atoms with E-state index in [0.717, 1.165) is 11.8 Å². The molecule has 0 aliphatic carbocycles. The zero-order chi connectivity index (χ0) is 18.6. The van der Waals surface area contributed by atoms with Gasteiger partial charge in [0.2, 0.25) is 15.9 Å². The third-order valence-electron chi connectivity index (χ3n) is 3.40. The number of benzene rings is 2. The van der Waals surface area contributed by atoms with Crippen molar-refractivity contribution in [3.05, 3.63) is 53.8 Å². The molecule has 0 heterocycles. The zero-order valence-electron chi connectivity index (χ0n) is 14.1. The van der Waals surface area contributed by atoms with Crippen molar-refractivity contribution in [2.75, 3.05) is 21.6 Å². The Morgan fingerprint density at radius 1 is 1.12 bits per heavy atom. The van der Waals surface area contributed by atoms with Gasteiger partial charge >= 0.3 is 0 Å².